The summed E-state index contributed by atoms with van der Waals surface area (Å²) in [5.74, 6) is -6.58. The molecule has 0 spiro atoms. The van der Waals surface area contributed by atoms with Crippen LogP contribution in [0.3, 0.4) is 0 Å². The van der Waals surface area contributed by atoms with Crippen LogP contribution in [0.2, 0.25) is 0 Å². The lowest BCUT2D eigenvalue weighted by Gasteiger charge is -2.34. The molecule has 1 unspecified atom stereocenters. The van der Waals surface area contributed by atoms with Gasteiger partial charge in [-0.15, -0.1) is 0 Å². The Bertz CT molecular complexity index is 377. The maximum Gasteiger partial charge on any atom is 0.471 e. The molecule has 20 heavy (non-hydrogen) atoms. The molecule has 0 aromatic carbocycles. The van der Waals surface area contributed by atoms with E-state index in [2.05, 4.69) is 9.47 Å². The van der Waals surface area contributed by atoms with E-state index in [4.69, 9.17) is 0 Å². The quantitative estimate of drug-likeness (QED) is 0.547. The minimum atomic E-state index is -6.86. The van der Waals surface area contributed by atoms with Gasteiger partial charge in [0, 0.05) is 6.92 Å². The summed E-state index contributed by atoms with van der Waals surface area (Å²) in [6.45, 7) is -0.551. The summed E-state index contributed by atoms with van der Waals surface area (Å²) < 4.78 is 138. The van der Waals surface area contributed by atoms with E-state index in [0.29, 0.717) is 0 Å². The highest BCUT2D eigenvalue weighted by Gasteiger charge is 2.78. The van der Waals surface area contributed by atoms with Crippen LogP contribution in [0.4, 0.5) is 48.3 Å². The van der Waals surface area contributed by atoms with Gasteiger partial charge in [0.25, 0.3) is 0 Å². The molecule has 2 nitrogen and oxygen atoms in total. The third-order valence-electron chi connectivity index (χ3n) is 1.43. The van der Waals surface area contributed by atoms with Crippen LogP contribution in [0, 0.1) is 0 Å². The third kappa shape index (κ3) is 4.11. The Morgan fingerprint density at radius 3 is 1.45 bits per heavy atom. The molecule has 0 aliphatic rings. The van der Waals surface area contributed by atoms with Gasteiger partial charge in [0.05, 0.1) is 0 Å². The van der Waals surface area contributed by atoms with Gasteiger partial charge in [-0.05, 0) is 0 Å². The van der Waals surface area contributed by atoms with Crippen LogP contribution in [-0.4, -0.2) is 24.2 Å². The van der Waals surface area contributed by atoms with Crippen LogP contribution in [0.25, 0.3) is 0 Å². The predicted molar refractivity (Wildman–Crippen MR) is 38.0 cm³/mol. The largest absolute Gasteiger partial charge is 0.471 e. The third-order valence-corrected chi connectivity index (χ3v) is 1.43. The first-order valence-electron chi connectivity index (χ1n) is 4.15. The molecule has 1 atom stereocenters. The van der Waals surface area contributed by atoms with E-state index < -0.39 is 43.3 Å². The Kier molecular flexibility index (Phi) is 4.92. The second-order valence-corrected chi connectivity index (χ2v) is 3.16. The van der Waals surface area contributed by atoms with Crippen LogP contribution in [0.15, 0.2) is 12.1 Å². The molecule has 0 saturated heterocycles. The normalized spacial score (nSPS) is 16.6. The van der Waals surface area contributed by atoms with Gasteiger partial charge in [-0.3, -0.25) is 4.74 Å². The van der Waals surface area contributed by atoms with Crippen molar-refractivity contribution in [2.45, 2.75) is 31.2 Å². The highest BCUT2D eigenvalue weighted by atomic mass is 19.4. The maximum atomic E-state index is 13.1. The molecular weight excluding hydrogens is 325 g/mol. The Morgan fingerprint density at radius 1 is 0.800 bits per heavy atom. The van der Waals surface area contributed by atoms with E-state index in [1.54, 1.807) is 0 Å². The molecule has 0 rings (SSSR count). The van der Waals surface area contributed by atoms with Gasteiger partial charge >= 0.3 is 36.3 Å². The SMILES string of the molecule is CC(F)(F)OC(F)(C(F)(F)F)C(F)(F)OC(F)=C(F)F. The molecule has 0 bridgehead atoms. The lowest BCUT2D eigenvalue weighted by molar-refractivity contribution is -0.495. The van der Waals surface area contributed by atoms with Crippen molar-refractivity contribution < 1.29 is 57.8 Å². The smallest absolute Gasteiger partial charge is 0.398 e. The molecular formula is C7H3F11O2. The number of hydrogen-bond acceptors (Lipinski definition) is 2. The molecule has 0 radical (unpaired) electrons. The summed E-state index contributed by atoms with van der Waals surface area (Å²) in [7, 11) is 0. The fourth-order valence-electron chi connectivity index (χ4n) is 0.746. The highest BCUT2D eigenvalue weighted by molar-refractivity contribution is 4.92. The standard InChI is InChI=1S/C7H3F11O2/c1-4(11,12)20-5(13,6(14,15)16)7(17,18)19-3(10)2(8)9/h1H3. The number of hydrogen-bond donors (Lipinski definition) is 0. The van der Waals surface area contributed by atoms with Crippen LogP contribution in [0.1, 0.15) is 6.92 Å². The summed E-state index contributed by atoms with van der Waals surface area (Å²) in [4.78, 5) is 0. The second kappa shape index (κ2) is 5.26. The van der Waals surface area contributed by atoms with Gasteiger partial charge in [-0.25, -0.2) is 0 Å². The summed E-state index contributed by atoms with van der Waals surface area (Å²) >= 11 is 0. The van der Waals surface area contributed by atoms with Gasteiger partial charge in [0.2, 0.25) is 0 Å². The average molecular weight is 328 g/mol. The first-order valence-corrected chi connectivity index (χ1v) is 4.15. The van der Waals surface area contributed by atoms with E-state index in [1.807, 2.05) is 0 Å². The van der Waals surface area contributed by atoms with Crippen LogP contribution >= 0.6 is 0 Å². The molecule has 0 aliphatic carbocycles. The van der Waals surface area contributed by atoms with Crippen LogP contribution in [0.5, 0.6) is 0 Å². The highest BCUT2D eigenvalue weighted by Crippen LogP contribution is 2.50. The van der Waals surface area contributed by atoms with Crippen LogP contribution in [-0.2, 0) is 9.47 Å². The zero-order valence-electron chi connectivity index (χ0n) is 8.97. The van der Waals surface area contributed by atoms with Gasteiger partial charge in [-0.2, -0.15) is 48.3 Å². The fourth-order valence-corrected chi connectivity index (χ4v) is 0.746. The predicted octanol–water partition coefficient (Wildman–Crippen LogP) is 4.49. The van der Waals surface area contributed by atoms with Crippen molar-refractivity contribution in [3.63, 3.8) is 0 Å². The average Bonchev–Trinajstić information content (AvgIpc) is 2.11. The van der Waals surface area contributed by atoms with Gasteiger partial charge in [0.1, 0.15) is 0 Å². The van der Waals surface area contributed by atoms with E-state index in [1.165, 1.54) is 0 Å². The lowest BCUT2D eigenvalue weighted by Crippen LogP contribution is -2.60. The Labute approximate surface area is 102 Å². The number of alkyl halides is 8. The number of halogens is 11. The molecule has 0 heterocycles. The zero-order chi connectivity index (χ0) is 16.6. The van der Waals surface area contributed by atoms with Crippen molar-refractivity contribution in [2.24, 2.45) is 0 Å². The minimum absolute atomic E-state index is 0.551. The van der Waals surface area contributed by atoms with E-state index >= 15 is 0 Å². The summed E-state index contributed by atoms with van der Waals surface area (Å²) in [5.41, 5.74) is 0. The Balaban J connectivity index is 5.71. The van der Waals surface area contributed by atoms with Crippen molar-refractivity contribution in [3.8, 4) is 0 Å². The monoisotopic (exact) mass is 328 g/mol. The first-order chi connectivity index (χ1) is 8.53. The summed E-state index contributed by atoms with van der Waals surface area (Å²) in [5, 5.41) is 0. The summed E-state index contributed by atoms with van der Waals surface area (Å²) in [6.07, 6.45) is -22.2. The van der Waals surface area contributed by atoms with E-state index in [9.17, 15) is 48.3 Å². The van der Waals surface area contributed by atoms with Crippen molar-refractivity contribution in [1.29, 1.82) is 0 Å². The Morgan fingerprint density at radius 2 is 1.20 bits per heavy atom. The van der Waals surface area contributed by atoms with Crippen molar-refractivity contribution in [3.05, 3.63) is 12.1 Å². The molecule has 120 valence electrons. The molecule has 13 heteroatoms. The van der Waals surface area contributed by atoms with E-state index in [0.717, 1.165) is 0 Å². The molecule has 0 saturated carbocycles. The molecule has 0 amide bonds. The van der Waals surface area contributed by atoms with Gasteiger partial charge in [0.15, 0.2) is 0 Å². The van der Waals surface area contributed by atoms with E-state index in [-0.39, 0.29) is 0 Å². The number of ether oxygens (including phenoxy) is 2. The van der Waals surface area contributed by atoms with Crippen molar-refractivity contribution in [1.82, 2.24) is 0 Å². The van der Waals surface area contributed by atoms with Gasteiger partial charge < -0.3 is 4.74 Å². The van der Waals surface area contributed by atoms with Crippen molar-refractivity contribution >= 4 is 0 Å². The minimum Gasteiger partial charge on any atom is -0.398 e. The summed E-state index contributed by atoms with van der Waals surface area (Å²) in [6, 6.07) is -3.59. The molecule has 0 aromatic rings. The number of rotatable bonds is 5. The topological polar surface area (TPSA) is 18.5 Å². The van der Waals surface area contributed by atoms with Crippen LogP contribution < -0.4 is 0 Å². The Hall–Kier alpha value is -1.27. The molecule has 0 aromatic heterocycles. The zero-order valence-corrected chi connectivity index (χ0v) is 8.97. The first kappa shape index (κ1) is 18.7. The molecule has 0 N–H and O–H groups in total. The van der Waals surface area contributed by atoms with Crippen molar-refractivity contribution in [2.75, 3.05) is 0 Å². The van der Waals surface area contributed by atoms with Gasteiger partial charge in [-0.1, -0.05) is 0 Å². The maximum absolute atomic E-state index is 13.1. The molecule has 0 fully saturated rings. The lowest BCUT2D eigenvalue weighted by atomic mass is 10.2. The fraction of sp³-hybridized carbons (Fsp3) is 0.714. The molecule has 0 aliphatic heterocycles. The second-order valence-electron chi connectivity index (χ2n) is 3.16.